The Balaban J connectivity index is 2.44. The van der Waals surface area contributed by atoms with Crippen molar-refractivity contribution < 1.29 is 19.4 Å². The predicted octanol–water partition coefficient (Wildman–Crippen LogP) is 2.53. The van der Waals surface area contributed by atoms with Crippen LogP contribution in [0.5, 0.6) is 11.5 Å². The van der Waals surface area contributed by atoms with E-state index in [0.29, 0.717) is 17.9 Å². The molecule has 0 bridgehead atoms. The van der Waals surface area contributed by atoms with Crippen LogP contribution in [0.2, 0.25) is 0 Å². The highest BCUT2D eigenvalue weighted by molar-refractivity contribution is 5.77. The van der Waals surface area contributed by atoms with Gasteiger partial charge in [-0.2, -0.15) is 0 Å². The number of fused-ring (bicyclic) bond motifs is 1. The number of carbonyl (C=O) groups is 1. The first-order chi connectivity index (χ1) is 9.92. The van der Waals surface area contributed by atoms with Crippen LogP contribution in [0.15, 0.2) is 12.1 Å². The number of hydrogen-bond donors (Lipinski definition) is 2. The summed E-state index contributed by atoms with van der Waals surface area (Å²) in [5, 5.41) is 12.6. The molecule has 5 nitrogen and oxygen atoms in total. The van der Waals surface area contributed by atoms with E-state index in [1.54, 1.807) is 6.07 Å². The third kappa shape index (κ3) is 3.47. The molecule has 0 saturated heterocycles. The fourth-order valence-electron chi connectivity index (χ4n) is 2.59. The molecule has 0 saturated carbocycles. The van der Waals surface area contributed by atoms with Gasteiger partial charge in [-0.15, -0.1) is 0 Å². The lowest BCUT2D eigenvalue weighted by atomic mass is 10.0. The third-order valence-corrected chi connectivity index (χ3v) is 3.39. The second-order valence-corrected chi connectivity index (χ2v) is 5.66. The van der Waals surface area contributed by atoms with E-state index < -0.39 is 12.0 Å². The van der Waals surface area contributed by atoms with Crippen LogP contribution in [0.3, 0.4) is 0 Å². The van der Waals surface area contributed by atoms with Gasteiger partial charge < -0.3 is 14.6 Å². The number of benzene rings is 1. The molecule has 1 aromatic rings. The molecule has 0 aromatic heterocycles. The van der Waals surface area contributed by atoms with Gasteiger partial charge in [0.2, 0.25) is 0 Å². The average Bonchev–Trinajstić information content (AvgIpc) is 2.74. The number of ether oxygens (including phenoxy) is 2. The predicted molar refractivity (Wildman–Crippen MR) is 80.1 cm³/mol. The van der Waals surface area contributed by atoms with Crippen LogP contribution in [0.1, 0.15) is 44.9 Å². The fraction of sp³-hybridized carbons (Fsp3) is 0.562. The second kappa shape index (κ2) is 6.35. The molecule has 0 aliphatic carbocycles. The molecule has 1 aliphatic heterocycles. The molecule has 0 radical (unpaired) electrons. The quantitative estimate of drug-likeness (QED) is 0.843. The minimum atomic E-state index is -0.921. The van der Waals surface area contributed by atoms with Crippen molar-refractivity contribution in [2.75, 3.05) is 6.61 Å². The highest BCUT2D eigenvalue weighted by Crippen LogP contribution is 2.38. The van der Waals surface area contributed by atoms with Gasteiger partial charge in [0, 0.05) is 23.6 Å². The lowest BCUT2D eigenvalue weighted by Gasteiger charge is -2.21. The van der Waals surface area contributed by atoms with E-state index in [1.807, 2.05) is 33.8 Å². The first kappa shape index (κ1) is 15.6. The van der Waals surface area contributed by atoms with Gasteiger partial charge in [-0.1, -0.05) is 0 Å². The minimum Gasteiger partial charge on any atom is -0.494 e. The summed E-state index contributed by atoms with van der Waals surface area (Å²) in [6.07, 6.45) is 0.941. The zero-order valence-electron chi connectivity index (χ0n) is 13.0. The van der Waals surface area contributed by atoms with Gasteiger partial charge in [-0.05, 0) is 39.8 Å². The highest BCUT2D eigenvalue weighted by atomic mass is 16.5. The largest absolute Gasteiger partial charge is 0.494 e. The van der Waals surface area contributed by atoms with Crippen molar-refractivity contribution in [1.29, 1.82) is 0 Å². The van der Waals surface area contributed by atoms with Gasteiger partial charge in [0.05, 0.1) is 6.61 Å². The molecule has 1 aliphatic rings. The van der Waals surface area contributed by atoms with Crippen molar-refractivity contribution >= 4 is 5.97 Å². The molecule has 2 rings (SSSR count). The zero-order valence-corrected chi connectivity index (χ0v) is 13.0. The monoisotopic (exact) mass is 293 g/mol. The summed E-state index contributed by atoms with van der Waals surface area (Å²) in [5.74, 6) is 0.461. The van der Waals surface area contributed by atoms with Crippen LogP contribution in [0.4, 0.5) is 0 Å². The van der Waals surface area contributed by atoms with Gasteiger partial charge in [0.25, 0.3) is 0 Å². The molecular formula is C16H23NO4. The maximum Gasteiger partial charge on any atom is 0.325 e. The third-order valence-electron chi connectivity index (χ3n) is 3.39. The standard InChI is InChI=1S/C16H23NO4/c1-5-20-14-7-11-6-10(4)21-13(11)8-12(14)15(16(18)19)17-9(2)3/h7-10,15,17H,5-6H2,1-4H3,(H,18,19). The minimum absolute atomic E-state index is 0.0497. The van der Waals surface area contributed by atoms with Crippen LogP contribution >= 0.6 is 0 Å². The van der Waals surface area contributed by atoms with Crippen molar-refractivity contribution in [2.45, 2.75) is 52.3 Å². The van der Waals surface area contributed by atoms with E-state index in [9.17, 15) is 9.90 Å². The van der Waals surface area contributed by atoms with Gasteiger partial charge in [0.15, 0.2) is 0 Å². The van der Waals surface area contributed by atoms with E-state index in [4.69, 9.17) is 9.47 Å². The van der Waals surface area contributed by atoms with E-state index in [0.717, 1.165) is 17.7 Å². The van der Waals surface area contributed by atoms with Crippen LogP contribution < -0.4 is 14.8 Å². The number of nitrogens with one attached hydrogen (secondary N) is 1. The van der Waals surface area contributed by atoms with Crippen molar-refractivity contribution in [3.63, 3.8) is 0 Å². The first-order valence-electron chi connectivity index (χ1n) is 7.37. The molecule has 21 heavy (non-hydrogen) atoms. The summed E-state index contributed by atoms with van der Waals surface area (Å²) < 4.78 is 11.4. The van der Waals surface area contributed by atoms with Gasteiger partial charge >= 0.3 is 5.97 Å². The summed E-state index contributed by atoms with van der Waals surface area (Å²) in [7, 11) is 0. The lowest BCUT2D eigenvalue weighted by molar-refractivity contribution is -0.139. The smallest absolute Gasteiger partial charge is 0.325 e. The number of rotatable bonds is 6. The SMILES string of the molecule is CCOc1cc2c(cc1C(NC(C)C)C(=O)O)OC(C)C2. The van der Waals surface area contributed by atoms with Crippen LogP contribution in [-0.4, -0.2) is 29.8 Å². The topological polar surface area (TPSA) is 67.8 Å². The zero-order chi connectivity index (χ0) is 15.6. The van der Waals surface area contributed by atoms with Gasteiger partial charge in [-0.25, -0.2) is 0 Å². The molecule has 5 heteroatoms. The van der Waals surface area contributed by atoms with Crippen molar-refractivity contribution in [3.05, 3.63) is 23.3 Å². The maximum absolute atomic E-state index is 11.6. The van der Waals surface area contributed by atoms with Crippen molar-refractivity contribution in [3.8, 4) is 11.5 Å². The Bertz CT molecular complexity index is 527. The van der Waals surface area contributed by atoms with Crippen molar-refractivity contribution in [2.24, 2.45) is 0 Å². The Morgan fingerprint density at radius 3 is 2.81 bits per heavy atom. The Hall–Kier alpha value is -1.75. The summed E-state index contributed by atoms with van der Waals surface area (Å²) in [6, 6.07) is 2.96. The number of aliphatic carboxylic acids is 1. The molecule has 2 unspecified atom stereocenters. The Labute approximate surface area is 125 Å². The number of carboxylic acids is 1. The molecular weight excluding hydrogens is 270 g/mol. The van der Waals surface area contributed by atoms with E-state index in [-0.39, 0.29) is 12.1 Å². The van der Waals surface area contributed by atoms with E-state index >= 15 is 0 Å². The Kier molecular flexibility index (Phi) is 4.73. The molecule has 0 spiro atoms. The van der Waals surface area contributed by atoms with Gasteiger partial charge in [-0.3, -0.25) is 10.1 Å². The lowest BCUT2D eigenvalue weighted by Crippen LogP contribution is -2.34. The summed E-state index contributed by atoms with van der Waals surface area (Å²) in [4.78, 5) is 11.6. The van der Waals surface area contributed by atoms with E-state index in [2.05, 4.69) is 5.32 Å². The van der Waals surface area contributed by atoms with Crippen LogP contribution in [0, 0.1) is 0 Å². The molecule has 116 valence electrons. The molecule has 2 atom stereocenters. The summed E-state index contributed by atoms with van der Waals surface area (Å²) in [5.41, 5.74) is 1.69. The van der Waals surface area contributed by atoms with Crippen molar-refractivity contribution in [1.82, 2.24) is 5.32 Å². The maximum atomic E-state index is 11.6. The van der Waals surface area contributed by atoms with E-state index in [1.165, 1.54) is 0 Å². The molecule has 0 fully saturated rings. The average molecular weight is 293 g/mol. The first-order valence-corrected chi connectivity index (χ1v) is 7.37. The number of hydrogen-bond acceptors (Lipinski definition) is 4. The van der Waals surface area contributed by atoms with Crippen LogP contribution in [0.25, 0.3) is 0 Å². The second-order valence-electron chi connectivity index (χ2n) is 5.66. The summed E-state index contributed by atoms with van der Waals surface area (Å²) in [6.45, 7) is 8.23. The molecule has 0 amide bonds. The molecule has 2 N–H and O–H groups in total. The van der Waals surface area contributed by atoms with Crippen LogP contribution in [-0.2, 0) is 11.2 Å². The summed E-state index contributed by atoms with van der Waals surface area (Å²) >= 11 is 0. The molecule has 1 aromatic carbocycles. The molecule has 1 heterocycles. The van der Waals surface area contributed by atoms with Gasteiger partial charge in [0.1, 0.15) is 23.6 Å². The number of carboxylic acid groups (broad SMARTS) is 1. The Morgan fingerprint density at radius 2 is 2.24 bits per heavy atom. The normalized spacial score (nSPS) is 18.2. The Morgan fingerprint density at radius 1 is 1.52 bits per heavy atom. The highest BCUT2D eigenvalue weighted by Gasteiger charge is 2.28. The fourth-order valence-corrected chi connectivity index (χ4v) is 2.59.